The molecular weight excluding hydrogens is 392 g/mol. The molecule has 0 bridgehead atoms. The molecule has 2 atom stereocenters. The Labute approximate surface area is 181 Å². The normalized spacial score (nSPS) is 20.2. The first-order valence-corrected chi connectivity index (χ1v) is 10.6. The highest BCUT2D eigenvalue weighted by atomic mass is 16.5. The van der Waals surface area contributed by atoms with Gasteiger partial charge >= 0.3 is 0 Å². The predicted molar refractivity (Wildman–Crippen MR) is 116 cm³/mol. The average Bonchev–Trinajstić information content (AvgIpc) is 3.35. The Morgan fingerprint density at radius 1 is 1.10 bits per heavy atom. The number of aromatic nitrogens is 4. The Morgan fingerprint density at radius 2 is 1.90 bits per heavy atom. The van der Waals surface area contributed by atoms with Crippen molar-refractivity contribution in [2.75, 3.05) is 25.5 Å². The molecule has 1 fully saturated rings. The molecule has 31 heavy (non-hydrogen) atoms. The molecule has 2 aliphatic heterocycles. The van der Waals surface area contributed by atoms with E-state index in [4.69, 9.17) is 4.74 Å². The first-order chi connectivity index (χ1) is 15.1. The number of hydrogen-bond donors (Lipinski definition) is 1. The van der Waals surface area contributed by atoms with Gasteiger partial charge in [0.25, 0.3) is 5.91 Å². The fourth-order valence-electron chi connectivity index (χ4n) is 4.70. The van der Waals surface area contributed by atoms with Crippen LogP contribution in [0.5, 0.6) is 5.75 Å². The summed E-state index contributed by atoms with van der Waals surface area (Å²) in [6, 6.07) is 13.4. The molecule has 160 valence electrons. The van der Waals surface area contributed by atoms with E-state index in [0.29, 0.717) is 23.3 Å². The number of likely N-dealkylation sites (tertiary alicyclic amines) is 1. The molecule has 2 aromatic heterocycles. The van der Waals surface area contributed by atoms with Gasteiger partial charge in [0.1, 0.15) is 11.6 Å². The molecule has 0 spiro atoms. The lowest BCUT2D eigenvalue weighted by Crippen LogP contribution is -2.31. The number of carbonyl (C=O) groups is 1. The molecule has 1 amide bonds. The number of methoxy groups -OCH3 is 1. The molecule has 0 aliphatic carbocycles. The second kappa shape index (κ2) is 8.11. The van der Waals surface area contributed by atoms with Gasteiger partial charge in [0.2, 0.25) is 5.82 Å². The number of hydrogen-bond acceptors (Lipinski definition) is 6. The number of pyridine rings is 1. The van der Waals surface area contributed by atoms with E-state index >= 15 is 0 Å². The molecule has 1 aromatic carbocycles. The molecule has 0 saturated carbocycles. The molecule has 4 heterocycles. The van der Waals surface area contributed by atoms with Gasteiger partial charge in [-0.15, -0.1) is 10.2 Å². The van der Waals surface area contributed by atoms with Crippen molar-refractivity contribution in [2.24, 2.45) is 11.8 Å². The lowest BCUT2D eigenvalue weighted by atomic mass is 9.89. The number of carbonyl (C=O) groups excluding carboxylic acids is 1. The number of amides is 1. The number of anilines is 1. The van der Waals surface area contributed by atoms with Crippen LogP contribution in [-0.4, -0.2) is 50.8 Å². The topological polar surface area (TPSA) is 85.2 Å². The number of fused-ring (bicyclic) bond motifs is 2. The lowest BCUT2D eigenvalue weighted by Gasteiger charge is -2.25. The number of rotatable bonds is 5. The number of ether oxygens (including phenoxy) is 1. The summed E-state index contributed by atoms with van der Waals surface area (Å²) >= 11 is 0. The highest BCUT2D eigenvalue weighted by Crippen LogP contribution is 2.33. The summed E-state index contributed by atoms with van der Waals surface area (Å²) < 4.78 is 7.16. The van der Waals surface area contributed by atoms with Crippen LogP contribution in [0.25, 0.3) is 0 Å². The molecular formula is C23H26N6O2. The molecule has 5 rings (SSSR count). The van der Waals surface area contributed by atoms with Crippen LogP contribution in [0.4, 0.5) is 5.69 Å². The Kier molecular flexibility index (Phi) is 5.15. The van der Waals surface area contributed by atoms with Crippen LogP contribution in [0, 0.1) is 18.8 Å². The average molecular weight is 419 g/mol. The Bertz CT molecular complexity index is 1090. The van der Waals surface area contributed by atoms with Crippen molar-refractivity contribution in [2.45, 2.75) is 26.4 Å². The van der Waals surface area contributed by atoms with E-state index in [1.807, 2.05) is 41.8 Å². The van der Waals surface area contributed by atoms with E-state index in [9.17, 15) is 4.79 Å². The van der Waals surface area contributed by atoms with Crippen molar-refractivity contribution in [1.82, 2.24) is 24.6 Å². The SMILES string of the molecule is COc1ccc(NC(=O)c2nnc3n2C[C@@H]2CN(Cc4cccc(C)n4)C[C@H]2C3)cc1. The predicted octanol–water partition coefficient (Wildman–Crippen LogP) is 2.55. The molecule has 1 saturated heterocycles. The van der Waals surface area contributed by atoms with Gasteiger partial charge in [-0.1, -0.05) is 6.07 Å². The number of nitrogens with zero attached hydrogens (tertiary/aromatic N) is 5. The lowest BCUT2D eigenvalue weighted by molar-refractivity contribution is 0.100. The van der Waals surface area contributed by atoms with E-state index in [-0.39, 0.29) is 5.91 Å². The minimum Gasteiger partial charge on any atom is -0.497 e. The minimum atomic E-state index is -0.235. The van der Waals surface area contributed by atoms with Gasteiger partial charge in [0.15, 0.2) is 0 Å². The summed E-state index contributed by atoms with van der Waals surface area (Å²) in [6.45, 7) is 5.69. The summed E-state index contributed by atoms with van der Waals surface area (Å²) in [4.78, 5) is 20.0. The smallest absolute Gasteiger partial charge is 0.293 e. The highest BCUT2D eigenvalue weighted by Gasteiger charge is 2.39. The Morgan fingerprint density at radius 3 is 2.68 bits per heavy atom. The summed E-state index contributed by atoms with van der Waals surface area (Å²) in [5.41, 5.74) is 2.86. The van der Waals surface area contributed by atoms with Gasteiger partial charge in [-0.25, -0.2) is 0 Å². The number of benzene rings is 1. The fraction of sp³-hybridized carbons (Fsp3) is 0.391. The molecule has 0 radical (unpaired) electrons. The molecule has 8 heteroatoms. The van der Waals surface area contributed by atoms with Crippen LogP contribution in [0.2, 0.25) is 0 Å². The van der Waals surface area contributed by atoms with Gasteiger partial charge in [-0.05, 0) is 55.2 Å². The van der Waals surface area contributed by atoms with E-state index < -0.39 is 0 Å². The monoisotopic (exact) mass is 418 g/mol. The van der Waals surface area contributed by atoms with E-state index in [1.165, 1.54) is 0 Å². The van der Waals surface area contributed by atoms with Crippen molar-refractivity contribution in [3.8, 4) is 5.75 Å². The van der Waals surface area contributed by atoms with Gasteiger partial charge in [0, 0.05) is 44.0 Å². The van der Waals surface area contributed by atoms with E-state index in [1.54, 1.807) is 7.11 Å². The first-order valence-electron chi connectivity index (χ1n) is 10.6. The summed E-state index contributed by atoms with van der Waals surface area (Å²) in [5.74, 6) is 2.82. The molecule has 3 aromatic rings. The number of nitrogens with one attached hydrogen (secondary N) is 1. The van der Waals surface area contributed by atoms with Crippen molar-refractivity contribution in [3.63, 3.8) is 0 Å². The Balaban J connectivity index is 1.26. The maximum Gasteiger partial charge on any atom is 0.293 e. The molecule has 1 N–H and O–H groups in total. The van der Waals surface area contributed by atoms with E-state index in [0.717, 1.165) is 55.6 Å². The first kappa shape index (κ1) is 19.7. The van der Waals surface area contributed by atoms with Crippen LogP contribution in [-0.2, 0) is 19.5 Å². The van der Waals surface area contributed by atoms with Crippen LogP contribution in [0.15, 0.2) is 42.5 Å². The molecule has 8 nitrogen and oxygen atoms in total. The Hall–Kier alpha value is -3.26. The van der Waals surface area contributed by atoms with Crippen molar-refractivity contribution < 1.29 is 9.53 Å². The quantitative estimate of drug-likeness (QED) is 0.685. The third kappa shape index (κ3) is 4.03. The van der Waals surface area contributed by atoms with Crippen molar-refractivity contribution in [1.29, 1.82) is 0 Å². The second-order valence-corrected chi connectivity index (χ2v) is 8.42. The largest absolute Gasteiger partial charge is 0.497 e. The zero-order valence-corrected chi connectivity index (χ0v) is 17.8. The highest BCUT2D eigenvalue weighted by molar-refractivity contribution is 6.01. The van der Waals surface area contributed by atoms with E-state index in [2.05, 4.69) is 37.5 Å². The van der Waals surface area contributed by atoms with Crippen LogP contribution >= 0.6 is 0 Å². The minimum absolute atomic E-state index is 0.235. The van der Waals surface area contributed by atoms with Gasteiger partial charge < -0.3 is 14.6 Å². The maximum atomic E-state index is 12.8. The zero-order chi connectivity index (χ0) is 21.4. The summed E-state index contributed by atoms with van der Waals surface area (Å²) in [7, 11) is 1.62. The second-order valence-electron chi connectivity index (χ2n) is 8.42. The summed E-state index contributed by atoms with van der Waals surface area (Å²) in [5, 5.41) is 11.4. The zero-order valence-electron chi connectivity index (χ0n) is 17.8. The third-order valence-corrected chi connectivity index (χ3v) is 6.22. The third-order valence-electron chi connectivity index (χ3n) is 6.22. The number of aryl methyl sites for hydroxylation is 1. The fourth-order valence-corrected chi connectivity index (χ4v) is 4.70. The van der Waals surface area contributed by atoms with Gasteiger partial charge in [0.05, 0.1) is 12.8 Å². The van der Waals surface area contributed by atoms with Gasteiger partial charge in [-0.3, -0.25) is 14.7 Å². The van der Waals surface area contributed by atoms with Crippen LogP contribution in [0.3, 0.4) is 0 Å². The van der Waals surface area contributed by atoms with Crippen molar-refractivity contribution in [3.05, 3.63) is 65.5 Å². The van der Waals surface area contributed by atoms with Crippen molar-refractivity contribution >= 4 is 11.6 Å². The van der Waals surface area contributed by atoms with Crippen LogP contribution < -0.4 is 10.1 Å². The van der Waals surface area contributed by atoms with Gasteiger partial charge in [-0.2, -0.15) is 0 Å². The maximum absolute atomic E-state index is 12.8. The molecule has 0 unspecified atom stereocenters. The van der Waals surface area contributed by atoms with Crippen LogP contribution in [0.1, 0.15) is 27.8 Å². The standard InChI is InChI=1S/C23H26N6O2/c1-15-4-3-5-19(24-15)14-28-11-16-10-21-26-27-22(29(21)13-17(16)12-28)23(30)25-18-6-8-20(31-2)9-7-18/h3-9,16-17H,10-14H2,1-2H3,(H,25,30)/t16-,17+/m1/s1. The molecule has 2 aliphatic rings. The summed E-state index contributed by atoms with van der Waals surface area (Å²) in [6.07, 6.45) is 0.852.